The average Bonchev–Trinajstić information content (AvgIpc) is 2.99. The van der Waals surface area contributed by atoms with Gasteiger partial charge in [0.15, 0.2) is 0 Å². The van der Waals surface area contributed by atoms with Crippen molar-refractivity contribution in [2.45, 2.75) is 12.8 Å². The predicted octanol–water partition coefficient (Wildman–Crippen LogP) is 3.79. The summed E-state index contributed by atoms with van der Waals surface area (Å²) < 4.78 is 20.2. The summed E-state index contributed by atoms with van der Waals surface area (Å²) in [6.07, 6.45) is 3.97. The molecule has 2 aromatic carbocycles. The molecule has 3 nitrogen and oxygen atoms in total. The Labute approximate surface area is 128 Å². The summed E-state index contributed by atoms with van der Waals surface area (Å²) in [6.45, 7) is 0. The summed E-state index contributed by atoms with van der Waals surface area (Å²) in [7, 11) is 1.68. The molecule has 0 saturated heterocycles. The summed E-state index contributed by atoms with van der Waals surface area (Å²) in [5, 5.41) is 4.70. The minimum absolute atomic E-state index is 0.238. The van der Waals surface area contributed by atoms with E-state index in [9.17, 15) is 4.39 Å². The summed E-state index contributed by atoms with van der Waals surface area (Å²) in [5.41, 5.74) is 5.51. The van der Waals surface area contributed by atoms with E-state index in [1.165, 1.54) is 23.3 Å². The third-order valence-corrected chi connectivity index (χ3v) is 4.11. The summed E-state index contributed by atoms with van der Waals surface area (Å²) in [5.74, 6) is 0.637. The van der Waals surface area contributed by atoms with Gasteiger partial charge in [0.25, 0.3) is 0 Å². The van der Waals surface area contributed by atoms with E-state index in [1.807, 2.05) is 16.9 Å². The van der Waals surface area contributed by atoms with Gasteiger partial charge in [-0.1, -0.05) is 0 Å². The quantitative estimate of drug-likeness (QED) is 0.719. The normalized spacial score (nSPS) is 12.6. The van der Waals surface area contributed by atoms with E-state index in [0.29, 0.717) is 0 Å². The smallest absolute Gasteiger partial charge is 0.123 e. The van der Waals surface area contributed by atoms with E-state index in [2.05, 4.69) is 12.1 Å². The van der Waals surface area contributed by atoms with Gasteiger partial charge in [-0.05, 0) is 66.4 Å². The van der Waals surface area contributed by atoms with Crippen LogP contribution >= 0.6 is 0 Å². The second kappa shape index (κ2) is 4.98. The number of fused-ring (bicyclic) bond motifs is 3. The van der Waals surface area contributed by atoms with Crippen LogP contribution in [-0.2, 0) is 12.8 Å². The zero-order chi connectivity index (χ0) is 15.1. The highest BCUT2D eigenvalue weighted by atomic mass is 19.1. The van der Waals surface area contributed by atoms with Crippen LogP contribution in [0, 0.1) is 5.82 Å². The molecule has 0 unspecified atom stereocenters. The predicted molar refractivity (Wildman–Crippen MR) is 82.9 cm³/mol. The first-order valence-electron chi connectivity index (χ1n) is 7.26. The highest BCUT2D eigenvalue weighted by Crippen LogP contribution is 2.34. The van der Waals surface area contributed by atoms with Gasteiger partial charge < -0.3 is 4.74 Å². The van der Waals surface area contributed by atoms with Crippen molar-refractivity contribution >= 4 is 0 Å². The molecule has 0 N–H and O–H groups in total. The third kappa shape index (κ3) is 2.08. The second-order valence-corrected chi connectivity index (χ2v) is 5.45. The van der Waals surface area contributed by atoms with Crippen LogP contribution in [0.5, 0.6) is 5.75 Å². The zero-order valence-corrected chi connectivity index (χ0v) is 12.2. The fourth-order valence-electron chi connectivity index (χ4n) is 2.95. The second-order valence-electron chi connectivity index (χ2n) is 5.45. The van der Waals surface area contributed by atoms with Gasteiger partial charge >= 0.3 is 0 Å². The van der Waals surface area contributed by atoms with E-state index in [-0.39, 0.29) is 5.82 Å². The number of hydrogen-bond donors (Lipinski definition) is 0. The van der Waals surface area contributed by atoms with Crippen molar-refractivity contribution in [3.63, 3.8) is 0 Å². The van der Waals surface area contributed by atoms with Crippen LogP contribution in [0.25, 0.3) is 16.9 Å². The molecule has 3 aromatic rings. The molecule has 110 valence electrons. The van der Waals surface area contributed by atoms with Crippen molar-refractivity contribution in [1.29, 1.82) is 0 Å². The number of ether oxygens (including phenoxy) is 1. The standard InChI is InChI=1S/C18H15FN2O/c1-22-16-8-9-17-12(10-16)2-3-13-11-21(20-18(13)17)15-6-4-14(19)5-7-15/h4-11H,2-3H2,1H3. The van der Waals surface area contributed by atoms with Crippen molar-refractivity contribution in [3.05, 3.63) is 65.6 Å². The first-order valence-corrected chi connectivity index (χ1v) is 7.26. The molecule has 0 amide bonds. The number of rotatable bonds is 2. The van der Waals surface area contributed by atoms with Crippen LogP contribution in [0.4, 0.5) is 4.39 Å². The van der Waals surface area contributed by atoms with E-state index >= 15 is 0 Å². The average molecular weight is 294 g/mol. The van der Waals surface area contributed by atoms with Crippen LogP contribution in [0.2, 0.25) is 0 Å². The van der Waals surface area contributed by atoms with Crippen molar-refractivity contribution in [3.8, 4) is 22.7 Å². The van der Waals surface area contributed by atoms with E-state index < -0.39 is 0 Å². The minimum Gasteiger partial charge on any atom is -0.497 e. The first kappa shape index (κ1) is 13.1. The molecule has 0 bridgehead atoms. The van der Waals surface area contributed by atoms with Gasteiger partial charge in [-0.3, -0.25) is 0 Å². The van der Waals surface area contributed by atoms with Crippen LogP contribution in [0.1, 0.15) is 11.1 Å². The van der Waals surface area contributed by atoms with E-state index in [0.717, 1.165) is 35.5 Å². The Balaban J connectivity index is 1.80. The van der Waals surface area contributed by atoms with Crippen LogP contribution in [0.3, 0.4) is 0 Å². The SMILES string of the molecule is COc1ccc2c(c1)CCc1cn(-c3ccc(F)cc3)nc1-2. The molecule has 0 aliphatic heterocycles. The molecule has 0 radical (unpaired) electrons. The summed E-state index contributed by atoms with van der Waals surface area (Å²) >= 11 is 0. The highest BCUT2D eigenvalue weighted by molar-refractivity contribution is 5.70. The van der Waals surface area contributed by atoms with Gasteiger partial charge in [0, 0.05) is 11.8 Å². The monoisotopic (exact) mass is 294 g/mol. The lowest BCUT2D eigenvalue weighted by molar-refractivity contribution is 0.414. The van der Waals surface area contributed by atoms with Gasteiger partial charge in [-0.25, -0.2) is 9.07 Å². The lowest BCUT2D eigenvalue weighted by atomic mass is 9.90. The zero-order valence-electron chi connectivity index (χ0n) is 12.2. The number of aryl methyl sites for hydroxylation is 2. The fourth-order valence-corrected chi connectivity index (χ4v) is 2.95. The molecule has 1 heterocycles. The number of methoxy groups -OCH3 is 1. The van der Waals surface area contributed by atoms with Gasteiger partial charge in [0.05, 0.1) is 18.5 Å². The van der Waals surface area contributed by atoms with Crippen LogP contribution in [0.15, 0.2) is 48.7 Å². The number of halogens is 1. The lowest BCUT2D eigenvalue weighted by Crippen LogP contribution is -2.02. The van der Waals surface area contributed by atoms with E-state index in [4.69, 9.17) is 9.84 Å². The number of hydrogen-bond acceptors (Lipinski definition) is 2. The van der Waals surface area contributed by atoms with Gasteiger partial charge in [-0.2, -0.15) is 5.10 Å². The molecule has 4 heteroatoms. The molecule has 22 heavy (non-hydrogen) atoms. The molecule has 0 fully saturated rings. The van der Waals surface area contributed by atoms with Crippen molar-refractivity contribution in [1.82, 2.24) is 9.78 Å². The minimum atomic E-state index is -0.238. The highest BCUT2D eigenvalue weighted by Gasteiger charge is 2.20. The molecule has 1 aromatic heterocycles. The molecular formula is C18H15FN2O. The molecule has 0 atom stereocenters. The lowest BCUT2D eigenvalue weighted by Gasteiger charge is -2.15. The summed E-state index contributed by atoms with van der Waals surface area (Å²) in [4.78, 5) is 0. The Morgan fingerprint density at radius 2 is 1.82 bits per heavy atom. The van der Waals surface area contributed by atoms with Gasteiger partial charge in [0.2, 0.25) is 0 Å². The number of nitrogens with zero attached hydrogens (tertiary/aromatic N) is 2. The Hall–Kier alpha value is -2.62. The number of aromatic nitrogens is 2. The molecule has 0 spiro atoms. The fraction of sp³-hybridized carbons (Fsp3) is 0.167. The Kier molecular flexibility index (Phi) is 2.96. The number of benzene rings is 2. The first-order chi connectivity index (χ1) is 10.7. The van der Waals surface area contributed by atoms with Crippen molar-refractivity contribution < 1.29 is 9.13 Å². The van der Waals surface area contributed by atoms with Gasteiger partial charge in [0.1, 0.15) is 11.6 Å². The molecular weight excluding hydrogens is 279 g/mol. The molecule has 0 saturated carbocycles. The largest absolute Gasteiger partial charge is 0.497 e. The maximum absolute atomic E-state index is 13.1. The van der Waals surface area contributed by atoms with Crippen LogP contribution in [-0.4, -0.2) is 16.9 Å². The summed E-state index contributed by atoms with van der Waals surface area (Å²) in [6, 6.07) is 12.5. The van der Waals surface area contributed by atoms with E-state index in [1.54, 1.807) is 19.2 Å². The van der Waals surface area contributed by atoms with Gasteiger partial charge in [-0.15, -0.1) is 0 Å². The molecule has 1 aliphatic rings. The third-order valence-electron chi connectivity index (χ3n) is 4.11. The Morgan fingerprint density at radius 1 is 1.05 bits per heavy atom. The molecule has 4 rings (SSSR count). The maximum Gasteiger partial charge on any atom is 0.123 e. The topological polar surface area (TPSA) is 27.1 Å². The molecule has 1 aliphatic carbocycles. The van der Waals surface area contributed by atoms with Crippen molar-refractivity contribution in [2.24, 2.45) is 0 Å². The Bertz CT molecular complexity index is 837. The maximum atomic E-state index is 13.1. The van der Waals surface area contributed by atoms with Crippen LogP contribution < -0.4 is 4.74 Å². The van der Waals surface area contributed by atoms with Crippen molar-refractivity contribution in [2.75, 3.05) is 7.11 Å². The Morgan fingerprint density at radius 3 is 2.59 bits per heavy atom.